The number of nitrogens with two attached hydrogens (primary N) is 1. The lowest BCUT2D eigenvalue weighted by molar-refractivity contribution is -0.199. The summed E-state index contributed by atoms with van der Waals surface area (Å²) in [4.78, 5) is 43.6. The van der Waals surface area contributed by atoms with Gasteiger partial charge >= 0.3 is 19.2 Å². The standard InChI is InChI=1S/C36H46BN5O8S/c1-34(2,3)48-31(44)23-15-11-14-21(28(23)46-7)16-26(37-49-25-18-22-17-24(35(22,4)5)36(25,6)50-37)39-30(43)27(38)29-40-32(51-42-29)41-33(45)47-19-20-12-9-8-10-13-20/h8-15,22,24-27H,16-19,38H2,1-7H3,(H,39,43)(H,40,41,42,45)/t22-,24-,25+,26-,27?,36-/m0/s1. The first-order valence-electron chi connectivity index (χ1n) is 17.2. The smallest absolute Gasteiger partial charge is 0.482 e. The van der Waals surface area contributed by atoms with E-state index in [9.17, 15) is 14.4 Å². The molecule has 6 atom stereocenters. The quantitative estimate of drug-likeness (QED) is 0.175. The maximum absolute atomic E-state index is 13.8. The summed E-state index contributed by atoms with van der Waals surface area (Å²) in [5, 5.41) is 5.71. The van der Waals surface area contributed by atoms with Gasteiger partial charge in [-0.15, -0.1) is 0 Å². The van der Waals surface area contributed by atoms with E-state index in [0.717, 1.165) is 29.9 Å². The summed E-state index contributed by atoms with van der Waals surface area (Å²) >= 11 is 0.880. The lowest BCUT2D eigenvalue weighted by Crippen LogP contribution is -2.65. The summed E-state index contributed by atoms with van der Waals surface area (Å²) in [6.07, 6.45) is 1.26. The average molecular weight is 720 g/mol. The number of hydrogen-bond acceptors (Lipinski definition) is 12. The van der Waals surface area contributed by atoms with E-state index in [1.807, 2.05) is 36.4 Å². The Hall–Kier alpha value is -4.05. The highest BCUT2D eigenvalue weighted by atomic mass is 32.1. The third-order valence-corrected chi connectivity index (χ3v) is 11.1. The Bertz CT molecular complexity index is 1770. The number of esters is 1. The number of carbonyl (C=O) groups is 3. The molecule has 7 rings (SSSR count). The van der Waals surface area contributed by atoms with Crippen LogP contribution in [0, 0.1) is 17.3 Å². The zero-order chi connectivity index (χ0) is 36.7. The molecule has 51 heavy (non-hydrogen) atoms. The fourth-order valence-electron chi connectivity index (χ4n) is 7.65. The predicted octanol–water partition coefficient (Wildman–Crippen LogP) is 5.25. The molecular formula is C36H46BN5O8S. The van der Waals surface area contributed by atoms with Gasteiger partial charge in [0.25, 0.3) is 0 Å². The second-order valence-electron chi connectivity index (χ2n) is 15.3. The van der Waals surface area contributed by atoms with Crippen LogP contribution in [0.5, 0.6) is 5.75 Å². The number of hydrogen-bond donors (Lipinski definition) is 3. The lowest BCUT2D eigenvalue weighted by atomic mass is 9.43. The molecular weight excluding hydrogens is 673 g/mol. The number of nitrogens with zero attached hydrogens (tertiary/aromatic N) is 2. The van der Waals surface area contributed by atoms with Crippen molar-refractivity contribution >= 4 is 41.8 Å². The molecule has 2 aromatic carbocycles. The average Bonchev–Trinajstić information content (AvgIpc) is 3.70. The van der Waals surface area contributed by atoms with Crippen LogP contribution in [0.4, 0.5) is 9.93 Å². The number of para-hydroxylation sites is 1. The van der Waals surface area contributed by atoms with E-state index < -0.39 is 48.3 Å². The lowest BCUT2D eigenvalue weighted by Gasteiger charge is -2.64. The van der Waals surface area contributed by atoms with Gasteiger partial charge in [0.1, 0.15) is 29.6 Å². The SMILES string of the molecule is COc1c(C[C@H](NC(=O)C(N)c2nsc(NC(=O)OCc3ccccc3)n2)B2O[C@@H]3C[C@@H]4C[C@@H](C4(C)C)[C@]3(C)O2)cccc1C(=O)OC(C)(C)C. The molecule has 1 aromatic heterocycles. The van der Waals surface area contributed by atoms with Gasteiger partial charge in [-0.05, 0) is 81.4 Å². The van der Waals surface area contributed by atoms with E-state index in [2.05, 4.69) is 40.8 Å². The van der Waals surface area contributed by atoms with E-state index in [1.165, 1.54) is 7.11 Å². The molecule has 2 heterocycles. The second kappa shape index (κ2) is 14.2. The molecule has 13 nitrogen and oxygen atoms in total. The first kappa shape index (κ1) is 36.7. The van der Waals surface area contributed by atoms with Crippen LogP contribution >= 0.6 is 11.5 Å². The summed E-state index contributed by atoms with van der Waals surface area (Å²) in [5.41, 5.74) is 7.00. The van der Waals surface area contributed by atoms with Crippen LogP contribution in [0.2, 0.25) is 0 Å². The monoisotopic (exact) mass is 719 g/mol. The molecule has 3 aromatic rings. The Labute approximate surface area is 302 Å². The third-order valence-electron chi connectivity index (χ3n) is 10.4. The number of ether oxygens (including phenoxy) is 3. The van der Waals surface area contributed by atoms with Crippen molar-refractivity contribution in [3.8, 4) is 5.75 Å². The Balaban J connectivity index is 1.20. The molecule has 4 aliphatic rings. The van der Waals surface area contributed by atoms with Gasteiger partial charge in [-0.2, -0.15) is 4.37 Å². The fourth-order valence-corrected chi connectivity index (χ4v) is 8.25. The van der Waals surface area contributed by atoms with Gasteiger partial charge in [-0.25, -0.2) is 14.6 Å². The number of benzene rings is 2. The van der Waals surface area contributed by atoms with Gasteiger partial charge in [0.15, 0.2) is 5.82 Å². The first-order chi connectivity index (χ1) is 24.1. The number of rotatable bonds is 11. The van der Waals surface area contributed by atoms with Crippen LogP contribution in [0.3, 0.4) is 0 Å². The van der Waals surface area contributed by atoms with E-state index in [-0.39, 0.29) is 41.1 Å². The van der Waals surface area contributed by atoms with Crippen LogP contribution in [0.1, 0.15) is 87.7 Å². The highest BCUT2D eigenvalue weighted by molar-refractivity contribution is 7.09. The minimum absolute atomic E-state index is 0.0237. The van der Waals surface area contributed by atoms with Crippen LogP contribution < -0.4 is 21.1 Å². The summed E-state index contributed by atoms with van der Waals surface area (Å²) in [6.45, 7) is 12.1. The first-order valence-corrected chi connectivity index (χ1v) is 18.0. The molecule has 4 N–H and O–H groups in total. The number of carbonyl (C=O) groups excluding carboxylic acids is 3. The van der Waals surface area contributed by atoms with Gasteiger partial charge in [-0.3, -0.25) is 10.1 Å². The number of aromatic nitrogens is 2. The normalized spacial score (nSPS) is 24.4. The van der Waals surface area contributed by atoms with Crippen LogP contribution in [0.15, 0.2) is 48.5 Å². The summed E-state index contributed by atoms with van der Waals surface area (Å²) in [5.74, 6) is -0.656. The van der Waals surface area contributed by atoms with Crippen LogP contribution in [-0.2, 0) is 36.6 Å². The van der Waals surface area contributed by atoms with Crippen molar-refractivity contribution in [1.82, 2.24) is 14.7 Å². The van der Waals surface area contributed by atoms with E-state index in [1.54, 1.807) is 32.9 Å². The predicted molar refractivity (Wildman–Crippen MR) is 191 cm³/mol. The summed E-state index contributed by atoms with van der Waals surface area (Å²) in [7, 11) is 0.668. The molecule has 3 aliphatic carbocycles. The zero-order valence-corrected chi connectivity index (χ0v) is 30.9. The third kappa shape index (κ3) is 7.62. The van der Waals surface area contributed by atoms with Gasteiger partial charge in [0, 0.05) is 11.5 Å². The molecule has 1 aliphatic heterocycles. The maximum Gasteiger partial charge on any atom is 0.482 e. The molecule has 2 bridgehead atoms. The van der Waals surface area contributed by atoms with Gasteiger partial charge in [-0.1, -0.05) is 56.3 Å². The van der Waals surface area contributed by atoms with E-state index >= 15 is 0 Å². The molecule has 1 unspecified atom stereocenters. The minimum Gasteiger partial charge on any atom is -0.496 e. The van der Waals surface area contributed by atoms with E-state index in [4.69, 9.17) is 29.3 Å². The second-order valence-corrected chi connectivity index (χ2v) is 16.0. The van der Waals surface area contributed by atoms with Crippen molar-refractivity contribution in [2.45, 2.75) is 96.7 Å². The van der Waals surface area contributed by atoms with Crippen LogP contribution in [-0.4, -0.2) is 64.8 Å². The highest BCUT2D eigenvalue weighted by Crippen LogP contribution is 2.65. The van der Waals surface area contributed by atoms with Crippen molar-refractivity contribution in [1.29, 1.82) is 0 Å². The molecule has 1 saturated heterocycles. The fraction of sp³-hybridized carbons (Fsp3) is 0.528. The van der Waals surface area contributed by atoms with Gasteiger partial charge < -0.3 is 34.6 Å². The number of methoxy groups -OCH3 is 1. The largest absolute Gasteiger partial charge is 0.496 e. The molecule has 0 radical (unpaired) electrons. The van der Waals surface area contributed by atoms with E-state index in [0.29, 0.717) is 23.1 Å². The van der Waals surface area contributed by atoms with Crippen molar-refractivity contribution < 1.29 is 37.9 Å². The minimum atomic E-state index is -1.28. The molecule has 3 saturated carbocycles. The molecule has 4 fully saturated rings. The number of nitrogens with one attached hydrogen (secondary N) is 2. The summed E-state index contributed by atoms with van der Waals surface area (Å²) in [6, 6.07) is 13.2. The molecule has 0 spiro atoms. The van der Waals surface area contributed by atoms with Crippen molar-refractivity contribution in [3.05, 3.63) is 71.0 Å². The van der Waals surface area contributed by atoms with Crippen molar-refractivity contribution in [2.75, 3.05) is 12.4 Å². The Morgan fingerprint density at radius 3 is 2.53 bits per heavy atom. The Morgan fingerprint density at radius 2 is 1.84 bits per heavy atom. The summed E-state index contributed by atoms with van der Waals surface area (Å²) < 4.78 is 34.3. The van der Waals surface area contributed by atoms with Crippen molar-refractivity contribution in [3.63, 3.8) is 0 Å². The number of anilines is 1. The molecule has 272 valence electrons. The topological polar surface area (TPSA) is 173 Å². The van der Waals surface area contributed by atoms with Crippen LogP contribution in [0.25, 0.3) is 0 Å². The number of amides is 2. The zero-order valence-electron chi connectivity index (χ0n) is 30.1. The molecule has 2 amide bonds. The maximum atomic E-state index is 13.8. The van der Waals surface area contributed by atoms with Crippen molar-refractivity contribution in [2.24, 2.45) is 23.0 Å². The Morgan fingerprint density at radius 1 is 1.10 bits per heavy atom. The Kier molecular flexibility index (Phi) is 10.2. The van der Waals surface area contributed by atoms with Gasteiger partial charge in [0.05, 0.1) is 24.8 Å². The van der Waals surface area contributed by atoms with Gasteiger partial charge in [0.2, 0.25) is 11.0 Å². The molecule has 15 heteroatoms. The highest BCUT2D eigenvalue weighted by Gasteiger charge is 2.68.